The second-order valence-electron chi connectivity index (χ2n) is 5.29. The van der Waals surface area contributed by atoms with E-state index in [4.69, 9.17) is 26.3 Å². The number of ether oxygens (including phenoxy) is 2. The van der Waals surface area contributed by atoms with Gasteiger partial charge in [0, 0.05) is 5.56 Å². The van der Waals surface area contributed by atoms with Crippen LogP contribution in [0, 0.1) is 13.8 Å². The molecular formula is C18H20ClNO3. The number of hydrogen-bond donors (Lipinski definition) is 1. The van der Waals surface area contributed by atoms with E-state index in [1.165, 1.54) is 17.3 Å². The van der Waals surface area contributed by atoms with E-state index in [2.05, 4.69) is 37.2 Å². The van der Waals surface area contributed by atoms with Gasteiger partial charge in [-0.2, -0.15) is 0 Å². The van der Waals surface area contributed by atoms with E-state index in [1.807, 2.05) is 6.92 Å². The highest BCUT2D eigenvalue weighted by atomic mass is 35.5. The first-order chi connectivity index (χ1) is 11.0. The van der Waals surface area contributed by atoms with Gasteiger partial charge in [-0.15, -0.1) is 0 Å². The Balaban J connectivity index is 2.27. The topological polar surface area (TPSA) is 51.0 Å². The molecule has 2 aromatic carbocycles. The maximum atomic E-state index is 8.66. The molecule has 0 aliphatic heterocycles. The molecule has 0 aliphatic rings. The molecule has 0 aliphatic carbocycles. The van der Waals surface area contributed by atoms with Gasteiger partial charge in [0.05, 0.1) is 17.8 Å². The van der Waals surface area contributed by atoms with Crippen LogP contribution in [0.15, 0.2) is 35.5 Å². The highest BCUT2D eigenvalue weighted by Crippen LogP contribution is 2.37. The van der Waals surface area contributed by atoms with Gasteiger partial charge in [-0.3, -0.25) is 0 Å². The van der Waals surface area contributed by atoms with Crippen molar-refractivity contribution in [3.05, 3.63) is 57.6 Å². The minimum absolute atomic E-state index is 0.399. The average molecular weight is 334 g/mol. The van der Waals surface area contributed by atoms with Gasteiger partial charge in [-0.05, 0) is 38.5 Å². The molecule has 5 heteroatoms. The van der Waals surface area contributed by atoms with Crippen LogP contribution in [0.4, 0.5) is 0 Å². The van der Waals surface area contributed by atoms with Crippen LogP contribution in [0.3, 0.4) is 0 Å². The molecule has 0 bridgehead atoms. The van der Waals surface area contributed by atoms with Gasteiger partial charge >= 0.3 is 0 Å². The third kappa shape index (κ3) is 4.63. The first kappa shape index (κ1) is 17.2. The Morgan fingerprint density at radius 1 is 1.09 bits per heavy atom. The highest BCUT2D eigenvalue weighted by molar-refractivity contribution is 6.32. The Morgan fingerprint density at radius 2 is 1.78 bits per heavy atom. The molecule has 0 unspecified atom stereocenters. The zero-order valence-electron chi connectivity index (χ0n) is 13.5. The van der Waals surface area contributed by atoms with E-state index in [1.54, 1.807) is 12.1 Å². The number of hydrogen-bond acceptors (Lipinski definition) is 4. The van der Waals surface area contributed by atoms with Crippen molar-refractivity contribution < 1.29 is 14.7 Å². The molecule has 0 radical (unpaired) electrons. The van der Waals surface area contributed by atoms with Crippen molar-refractivity contribution in [1.82, 2.24) is 0 Å². The Labute approximate surface area is 141 Å². The summed E-state index contributed by atoms with van der Waals surface area (Å²) in [5, 5.41) is 12.1. The van der Waals surface area contributed by atoms with Gasteiger partial charge in [0.25, 0.3) is 0 Å². The van der Waals surface area contributed by atoms with Crippen LogP contribution in [0.5, 0.6) is 11.5 Å². The molecule has 4 nitrogen and oxygen atoms in total. The maximum absolute atomic E-state index is 8.66. The van der Waals surface area contributed by atoms with Crippen LogP contribution >= 0.6 is 11.6 Å². The lowest BCUT2D eigenvalue weighted by molar-refractivity contribution is 0.269. The molecule has 122 valence electrons. The van der Waals surface area contributed by atoms with Gasteiger partial charge < -0.3 is 14.7 Å². The summed E-state index contributed by atoms with van der Waals surface area (Å²) in [4.78, 5) is 0. The van der Waals surface area contributed by atoms with Crippen LogP contribution in [0.1, 0.15) is 29.2 Å². The molecule has 0 amide bonds. The van der Waals surface area contributed by atoms with Crippen molar-refractivity contribution in [2.75, 3.05) is 6.61 Å². The third-order valence-corrected chi connectivity index (χ3v) is 3.48. The first-order valence-electron chi connectivity index (χ1n) is 7.37. The molecule has 0 saturated carbocycles. The van der Waals surface area contributed by atoms with Gasteiger partial charge in [0.15, 0.2) is 11.5 Å². The average Bonchev–Trinajstić information content (AvgIpc) is 2.46. The minimum Gasteiger partial charge on any atom is -0.490 e. The molecule has 1 N–H and O–H groups in total. The standard InChI is InChI=1S/C18H20ClNO3/c1-4-22-17-9-14(10-20-21)8-16(19)18(17)23-11-15-6-12(2)5-13(3)7-15/h5-10,21H,4,11H2,1-3H3/b20-10-. The first-order valence-corrected chi connectivity index (χ1v) is 7.75. The van der Waals surface area contributed by atoms with Crippen molar-refractivity contribution in [3.8, 4) is 11.5 Å². The minimum atomic E-state index is 0.399. The van der Waals surface area contributed by atoms with Gasteiger partial charge in [-0.1, -0.05) is 46.1 Å². The van der Waals surface area contributed by atoms with Gasteiger partial charge in [-0.25, -0.2) is 0 Å². The van der Waals surface area contributed by atoms with Crippen molar-refractivity contribution in [3.63, 3.8) is 0 Å². The summed E-state index contributed by atoms with van der Waals surface area (Å²) in [6.07, 6.45) is 1.29. The second-order valence-corrected chi connectivity index (χ2v) is 5.70. The fourth-order valence-electron chi connectivity index (χ4n) is 2.44. The lowest BCUT2D eigenvalue weighted by atomic mass is 10.1. The lowest BCUT2D eigenvalue weighted by Gasteiger charge is -2.15. The fraction of sp³-hybridized carbons (Fsp3) is 0.278. The summed E-state index contributed by atoms with van der Waals surface area (Å²) >= 11 is 6.29. The number of benzene rings is 2. The lowest BCUT2D eigenvalue weighted by Crippen LogP contribution is -2.02. The normalized spacial score (nSPS) is 11.0. The summed E-state index contributed by atoms with van der Waals surface area (Å²) in [5.41, 5.74) is 4.09. The summed E-state index contributed by atoms with van der Waals surface area (Å²) in [5.74, 6) is 1.02. The highest BCUT2D eigenvalue weighted by Gasteiger charge is 2.12. The number of rotatable bonds is 6. The van der Waals surface area contributed by atoms with Crippen LogP contribution in [0.25, 0.3) is 0 Å². The van der Waals surface area contributed by atoms with Gasteiger partial charge in [0.2, 0.25) is 0 Å². The third-order valence-electron chi connectivity index (χ3n) is 3.20. The fourth-order valence-corrected chi connectivity index (χ4v) is 2.71. The van der Waals surface area contributed by atoms with Crippen molar-refractivity contribution >= 4 is 17.8 Å². The molecule has 0 fully saturated rings. The number of halogens is 1. The molecule has 2 aromatic rings. The summed E-state index contributed by atoms with van der Waals surface area (Å²) in [6.45, 7) is 6.87. The van der Waals surface area contributed by atoms with Crippen molar-refractivity contribution in [1.29, 1.82) is 0 Å². The van der Waals surface area contributed by atoms with Gasteiger partial charge in [0.1, 0.15) is 6.61 Å². The van der Waals surface area contributed by atoms with Crippen molar-refractivity contribution in [2.24, 2.45) is 5.16 Å². The Morgan fingerprint density at radius 3 is 2.39 bits per heavy atom. The maximum Gasteiger partial charge on any atom is 0.180 e. The van der Waals surface area contributed by atoms with Crippen LogP contribution in [0.2, 0.25) is 5.02 Å². The molecular weight excluding hydrogens is 314 g/mol. The predicted octanol–water partition coefficient (Wildman–Crippen LogP) is 4.74. The van der Waals surface area contributed by atoms with E-state index in [0.29, 0.717) is 35.3 Å². The summed E-state index contributed by atoms with van der Waals surface area (Å²) in [7, 11) is 0. The molecule has 23 heavy (non-hydrogen) atoms. The smallest absolute Gasteiger partial charge is 0.180 e. The molecule has 0 saturated heterocycles. The molecule has 0 spiro atoms. The summed E-state index contributed by atoms with van der Waals surface area (Å²) < 4.78 is 11.5. The monoisotopic (exact) mass is 333 g/mol. The van der Waals surface area contributed by atoms with E-state index < -0.39 is 0 Å². The summed E-state index contributed by atoms with van der Waals surface area (Å²) in [6, 6.07) is 9.67. The van der Waals surface area contributed by atoms with Crippen LogP contribution in [-0.2, 0) is 6.61 Å². The zero-order valence-corrected chi connectivity index (χ0v) is 14.2. The van der Waals surface area contributed by atoms with E-state index in [9.17, 15) is 0 Å². The zero-order chi connectivity index (χ0) is 16.8. The molecule has 2 rings (SSSR count). The molecule has 0 heterocycles. The number of nitrogens with zero attached hydrogens (tertiary/aromatic N) is 1. The van der Waals surface area contributed by atoms with Crippen molar-refractivity contribution in [2.45, 2.75) is 27.4 Å². The number of aryl methyl sites for hydroxylation is 2. The largest absolute Gasteiger partial charge is 0.490 e. The number of oxime groups is 1. The Bertz CT molecular complexity index is 693. The second kappa shape index (κ2) is 7.88. The Hall–Kier alpha value is -2.20. The predicted molar refractivity (Wildman–Crippen MR) is 92.2 cm³/mol. The van der Waals surface area contributed by atoms with Crippen LogP contribution < -0.4 is 9.47 Å². The van der Waals surface area contributed by atoms with Crippen LogP contribution in [-0.4, -0.2) is 18.0 Å². The molecule has 0 aromatic heterocycles. The van der Waals surface area contributed by atoms with E-state index in [-0.39, 0.29) is 0 Å². The van der Waals surface area contributed by atoms with E-state index in [0.717, 1.165) is 5.56 Å². The SMILES string of the molecule is CCOc1cc(/C=N\O)cc(Cl)c1OCc1cc(C)cc(C)c1. The Kier molecular flexibility index (Phi) is 5.88. The quantitative estimate of drug-likeness (QED) is 0.472. The van der Waals surface area contributed by atoms with E-state index >= 15 is 0 Å². The molecule has 0 atom stereocenters.